The molecule has 8 heteroatoms. The smallest absolute Gasteiger partial charge is 0.330 e. The standard InChI is InChI=1S/C29H48O6Si2/c1-27(2,3)36(7,8)34-24-13-11-22(21-25(24)35-37(9,10)28(4,5)6)12-14-26(31)33-20-19-29(32)17-15-23(30)16-18-29/h11-14,21,32H,15-20H2,1-10H3/b14-12+. The zero-order chi connectivity index (χ0) is 28.3. The maximum Gasteiger partial charge on any atom is 0.330 e. The van der Waals surface area contributed by atoms with Gasteiger partial charge in [0.15, 0.2) is 0 Å². The summed E-state index contributed by atoms with van der Waals surface area (Å²) in [6.07, 6.45) is 5.08. The van der Waals surface area contributed by atoms with Crippen LogP contribution < -0.4 is 8.85 Å². The minimum atomic E-state index is -2.14. The zero-order valence-corrected chi connectivity index (χ0v) is 26.6. The van der Waals surface area contributed by atoms with Gasteiger partial charge in [-0.1, -0.05) is 47.6 Å². The molecule has 6 nitrogen and oxygen atoms in total. The Bertz CT molecular complexity index is 989. The van der Waals surface area contributed by atoms with E-state index in [9.17, 15) is 14.7 Å². The summed E-state index contributed by atoms with van der Waals surface area (Å²) in [5.74, 6) is 1.17. The summed E-state index contributed by atoms with van der Waals surface area (Å²) < 4.78 is 18.7. The van der Waals surface area contributed by atoms with Crippen molar-refractivity contribution >= 4 is 34.5 Å². The molecular weight excluding hydrogens is 500 g/mol. The number of carbonyl (C=O) groups excluding carboxylic acids is 2. The van der Waals surface area contributed by atoms with E-state index in [0.717, 1.165) is 11.3 Å². The van der Waals surface area contributed by atoms with Crippen molar-refractivity contribution in [3.8, 4) is 11.5 Å². The topological polar surface area (TPSA) is 82.1 Å². The highest BCUT2D eigenvalue weighted by Gasteiger charge is 2.42. The van der Waals surface area contributed by atoms with Gasteiger partial charge in [-0.15, -0.1) is 0 Å². The van der Waals surface area contributed by atoms with Crippen molar-refractivity contribution in [2.45, 2.75) is 116 Å². The highest BCUT2D eigenvalue weighted by Crippen LogP contribution is 2.43. The van der Waals surface area contributed by atoms with Crippen LogP contribution in [-0.4, -0.2) is 45.7 Å². The molecule has 0 aliphatic heterocycles. The molecule has 0 amide bonds. The molecule has 1 fully saturated rings. The van der Waals surface area contributed by atoms with E-state index in [0.29, 0.717) is 37.9 Å². The van der Waals surface area contributed by atoms with Gasteiger partial charge in [-0.05, 0) is 72.9 Å². The first-order chi connectivity index (χ1) is 16.7. The Morgan fingerprint density at radius 2 is 1.46 bits per heavy atom. The molecule has 2 rings (SSSR count). The molecule has 0 atom stereocenters. The van der Waals surface area contributed by atoms with Crippen LogP contribution >= 0.6 is 0 Å². The number of Topliss-reactive ketones (excluding diaryl/α,β-unsaturated/α-hetero) is 1. The predicted octanol–water partition coefficient (Wildman–Crippen LogP) is 7.28. The minimum Gasteiger partial charge on any atom is -0.541 e. The van der Waals surface area contributed by atoms with Gasteiger partial charge in [0.2, 0.25) is 0 Å². The summed E-state index contributed by atoms with van der Waals surface area (Å²) in [5, 5.41) is 10.6. The lowest BCUT2D eigenvalue weighted by molar-refractivity contribution is -0.140. The van der Waals surface area contributed by atoms with Gasteiger partial charge in [-0.2, -0.15) is 0 Å². The fraction of sp³-hybridized carbons (Fsp3) is 0.655. The van der Waals surface area contributed by atoms with E-state index in [1.54, 1.807) is 6.08 Å². The molecule has 0 aromatic heterocycles. The number of carbonyl (C=O) groups is 2. The van der Waals surface area contributed by atoms with Gasteiger partial charge in [-0.25, -0.2) is 4.79 Å². The zero-order valence-electron chi connectivity index (χ0n) is 24.6. The third-order valence-electron chi connectivity index (χ3n) is 8.27. The Hall–Kier alpha value is -1.91. The molecule has 1 N–H and O–H groups in total. The normalized spacial score (nSPS) is 17.1. The minimum absolute atomic E-state index is 0.0204. The van der Waals surface area contributed by atoms with Gasteiger partial charge in [0, 0.05) is 25.3 Å². The van der Waals surface area contributed by atoms with Crippen LogP contribution in [0, 0.1) is 0 Å². The molecule has 0 unspecified atom stereocenters. The molecule has 0 saturated heterocycles. The van der Waals surface area contributed by atoms with Crippen molar-refractivity contribution in [2.75, 3.05) is 6.61 Å². The van der Waals surface area contributed by atoms with Gasteiger partial charge >= 0.3 is 5.97 Å². The van der Waals surface area contributed by atoms with Gasteiger partial charge in [-0.3, -0.25) is 4.79 Å². The summed E-state index contributed by atoms with van der Waals surface area (Å²) >= 11 is 0. The summed E-state index contributed by atoms with van der Waals surface area (Å²) in [4.78, 5) is 23.8. The van der Waals surface area contributed by atoms with E-state index in [4.69, 9.17) is 13.6 Å². The molecule has 1 saturated carbocycles. The molecule has 1 aliphatic rings. The molecule has 1 aromatic rings. The number of hydrogen-bond acceptors (Lipinski definition) is 6. The average molecular weight is 549 g/mol. The van der Waals surface area contributed by atoms with Crippen LogP contribution in [0.3, 0.4) is 0 Å². The van der Waals surface area contributed by atoms with E-state index < -0.39 is 28.2 Å². The van der Waals surface area contributed by atoms with Crippen molar-refractivity contribution in [3.05, 3.63) is 29.8 Å². The van der Waals surface area contributed by atoms with Gasteiger partial charge in [0.25, 0.3) is 16.6 Å². The Morgan fingerprint density at radius 1 is 0.946 bits per heavy atom. The van der Waals surface area contributed by atoms with Crippen LogP contribution in [0.25, 0.3) is 6.08 Å². The Balaban J connectivity index is 2.16. The molecule has 0 radical (unpaired) electrons. The van der Waals surface area contributed by atoms with Gasteiger partial charge < -0.3 is 18.7 Å². The van der Waals surface area contributed by atoms with Crippen molar-refractivity contribution in [3.63, 3.8) is 0 Å². The molecule has 37 heavy (non-hydrogen) atoms. The lowest BCUT2D eigenvalue weighted by atomic mass is 9.82. The van der Waals surface area contributed by atoms with Gasteiger partial charge in [0.05, 0.1) is 12.2 Å². The fourth-order valence-electron chi connectivity index (χ4n) is 3.45. The monoisotopic (exact) mass is 548 g/mol. The second-order valence-corrected chi connectivity index (χ2v) is 22.9. The molecule has 208 valence electrons. The van der Waals surface area contributed by atoms with E-state index in [-0.39, 0.29) is 22.5 Å². The maximum absolute atomic E-state index is 12.3. The van der Waals surface area contributed by atoms with E-state index in [2.05, 4.69) is 67.7 Å². The van der Waals surface area contributed by atoms with Crippen molar-refractivity contribution in [2.24, 2.45) is 0 Å². The number of ketones is 1. The number of hydrogen-bond donors (Lipinski definition) is 1. The number of ether oxygens (including phenoxy) is 1. The Morgan fingerprint density at radius 3 is 1.97 bits per heavy atom. The molecule has 0 heterocycles. The summed E-state index contributed by atoms with van der Waals surface area (Å²) in [5.41, 5.74) is -0.105. The number of aliphatic hydroxyl groups is 1. The predicted molar refractivity (Wildman–Crippen MR) is 155 cm³/mol. The van der Waals surface area contributed by atoms with Crippen LogP contribution in [0.2, 0.25) is 36.3 Å². The first-order valence-electron chi connectivity index (χ1n) is 13.4. The quantitative estimate of drug-likeness (QED) is 0.198. The van der Waals surface area contributed by atoms with Crippen molar-refractivity contribution in [1.82, 2.24) is 0 Å². The number of benzene rings is 1. The first-order valence-corrected chi connectivity index (χ1v) is 19.2. The third-order valence-corrected chi connectivity index (χ3v) is 17.0. The fourth-order valence-corrected chi connectivity index (χ4v) is 5.49. The van der Waals surface area contributed by atoms with E-state index >= 15 is 0 Å². The van der Waals surface area contributed by atoms with Crippen LogP contribution in [0.5, 0.6) is 11.5 Å². The van der Waals surface area contributed by atoms with Crippen molar-refractivity contribution < 1.29 is 28.3 Å². The lowest BCUT2D eigenvalue weighted by Crippen LogP contribution is -2.45. The molecule has 0 spiro atoms. The van der Waals surface area contributed by atoms with Gasteiger partial charge in [0.1, 0.15) is 17.3 Å². The van der Waals surface area contributed by atoms with Crippen LogP contribution in [0.15, 0.2) is 24.3 Å². The molecular formula is C29H48O6Si2. The van der Waals surface area contributed by atoms with E-state index in [1.807, 2.05) is 18.2 Å². The van der Waals surface area contributed by atoms with Crippen LogP contribution in [-0.2, 0) is 14.3 Å². The highest BCUT2D eigenvalue weighted by molar-refractivity contribution is 6.75. The van der Waals surface area contributed by atoms with E-state index in [1.165, 1.54) is 6.08 Å². The maximum atomic E-state index is 12.3. The second kappa shape index (κ2) is 11.5. The number of rotatable bonds is 9. The summed E-state index contributed by atoms with van der Waals surface area (Å²) in [7, 11) is -4.22. The number of esters is 1. The summed E-state index contributed by atoms with van der Waals surface area (Å²) in [6, 6.07) is 5.80. The lowest BCUT2D eigenvalue weighted by Gasteiger charge is -2.39. The Labute approximate surface area is 226 Å². The molecule has 1 aliphatic carbocycles. The highest BCUT2D eigenvalue weighted by atomic mass is 28.4. The van der Waals surface area contributed by atoms with Crippen LogP contribution in [0.4, 0.5) is 0 Å². The first kappa shape index (κ1) is 31.3. The SMILES string of the molecule is CC(C)(C)[Si](C)(C)Oc1ccc(/C=C/C(=O)OCCC2(O)CCC(=O)CC2)cc1O[Si](C)(C)C(C)(C)C. The Kier molecular flexibility index (Phi) is 9.69. The molecule has 0 bridgehead atoms. The molecule has 1 aromatic carbocycles. The third kappa shape index (κ3) is 8.82. The largest absolute Gasteiger partial charge is 0.541 e. The average Bonchev–Trinajstić information content (AvgIpc) is 2.74. The second-order valence-electron chi connectivity index (χ2n) is 13.4. The van der Waals surface area contributed by atoms with Crippen LogP contribution in [0.1, 0.15) is 79.2 Å². The van der Waals surface area contributed by atoms with Crippen molar-refractivity contribution in [1.29, 1.82) is 0 Å². The summed E-state index contributed by atoms with van der Waals surface area (Å²) in [6.45, 7) is 22.2.